The van der Waals surface area contributed by atoms with Crippen LogP contribution in [0.2, 0.25) is 0 Å². The number of rotatable bonds is 7. The Kier molecular flexibility index (Phi) is 6.82. The Hall–Kier alpha value is -3.82. The first-order chi connectivity index (χ1) is 15.2. The van der Waals surface area contributed by atoms with Gasteiger partial charge >= 0.3 is 6.09 Å². The molecule has 2 amide bonds. The van der Waals surface area contributed by atoms with Crippen LogP contribution in [0.5, 0.6) is 0 Å². The van der Waals surface area contributed by atoms with Gasteiger partial charge in [0.1, 0.15) is 11.3 Å². The van der Waals surface area contributed by atoms with Crippen LogP contribution in [0, 0.1) is 0 Å². The van der Waals surface area contributed by atoms with Crippen molar-refractivity contribution in [3.8, 4) is 17.1 Å². The highest BCUT2D eigenvalue weighted by Crippen LogP contribution is 2.29. The fourth-order valence-electron chi connectivity index (χ4n) is 3.09. The monoisotopic (exact) mass is 437 g/mol. The van der Waals surface area contributed by atoms with E-state index in [-0.39, 0.29) is 11.5 Å². The van der Waals surface area contributed by atoms with Crippen LogP contribution in [0.25, 0.3) is 17.1 Å². The summed E-state index contributed by atoms with van der Waals surface area (Å²) >= 11 is 0. The van der Waals surface area contributed by atoms with E-state index < -0.39 is 17.6 Å². The van der Waals surface area contributed by atoms with Gasteiger partial charge in [-0.05, 0) is 45.7 Å². The zero-order valence-corrected chi connectivity index (χ0v) is 18.6. The van der Waals surface area contributed by atoms with E-state index in [9.17, 15) is 9.59 Å². The normalized spacial score (nSPS) is 11.2. The molecule has 10 heteroatoms. The van der Waals surface area contributed by atoms with E-state index in [4.69, 9.17) is 10.5 Å². The minimum atomic E-state index is -0.632. The highest BCUT2D eigenvalue weighted by molar-refractivity contribution is 5.94. The molecular formula is C22H27N7O3. The average Bonchev–Trinajstić information content (AvgIpc) is 3.12. The Morgan fingerprint density at radius 2 is 1.97 bits per heavy atom. The maximum absolute atomic E-state index is 12.1. The molecule has 3 heterocycles. The van der Waals surface area contributed by atoms with E-state index in [0.29, 0.717) is 29.1 Å². The zero-order chi connectivity index (χ0) is 23.3. The lowest BCUT2D eigenvalue weighted by atomic mass is 10.0. The molecule has 0 unspecified atom stereocenters. The van der Waals surface area contributed by atoms with E-state index in [1.165, 1.54) is 12.4 Å². The number of anilines is 1. The lowest BCUT2D eigenvalue weighted by Gasteiger charge is -2.19. The number of nitrogens with one attached hydrogen (secondary N) is 1. The molecule has 0 bridgehead atoms. The number of nitrogens with zero attached hydrogens (tertiary/aromatic N) is 5. The van der Waals surface area contributed by atoms with E-state index in [2.05, 4.69) is 32.3 Å². The molecule has 10 nitrogen and oxygen atoms in total. The number of primary amides is 1. The summed E-state index contributed by atoms with van der Waals surface area (Å²) in [6.07, 6.45) is 7.97. The highest BCUT2D eigenvalue weighted by atomic mass is 16.6. The molecule has 0 saturated carbocycles. The average molecular weight is 438 g/mol. The smallest absolute Gasteiger partial charge is 0.413 e. The Bertz CT molecular complexity index is 1090. The third-order valence-electron chi connectivity index (χ3n) is 4.41. The summed E-state index contributed by atoms with van der Waals surface area (Å²) in [5, 5.41) is 7.02. The van der Waals surface area contributed by atoms with Gasteiger partial charge in [-0.2, -0.15) is 5.10 Å². The van der Waals surface area contributed by atoms with Crippen molar-refractivity contribution >= 4 is 17.8 Å². The summed E-state index contributed by atoms with van der Waals surface area (Å²) in [6.45, 7) is 7.38. The highest BCUT2D eigenvalue weighted by Gasteiger charge is 2.24. The van der Waals surface area contributed by atoms with Crippen molar-refractivity contribution in [3.63, 3.8) is 0 Å². The van der Waals surface area contributed by atoms with Gasteiger partial charge in [-0.3, -0.25) is 15.1 Å². The summed E-state index contributed by atoms with van der Waals surface area (Å²) in [7, 11) is 0. The summed E-state index contributed by atoms with van der Waals surface area (Å²) < 4.78 is 6.84. The second-order valence-electron chi connectivity index (χ2n) is 8.18. The topological polar surface area (TPSA) is 138 Å². The summed E-state index contributed by atoms with van der Waals surface area (Å²) in [6, 6.07) is 3.60. The standard InChI is InChI=1S/C22H27N7O3/c1-5-6-9-15-18(20(23)30)28-29(14-8-7-10-24-11-14)19(15)16-12-26-17(13-25-16)27-21(31)32-22(2,3)4/h7-8,10-13H,5-6,9H2,1-4H3,(H2,23,30)(H,26,27,31). The van der Waals surface area contributed by atoms with Gasteiger partial charge in [-0.25, -0.2) is 19.4 Å². The summed E-state index contributed by atoms with van der Waals surface area (Å²) in [4.78, 5) is 37.0. The van der Waals surface area contributed by atoms with Crippen LogP contribution in [0.4, 0.5) is 10.6 Å². The van der Waals surface area contributed by atoms with Crippen LogP contribution in [-0.4, -0.2) is 42.3 Å². The first kappa shape index (κ1) is 22.9. The number of carbonyl (C=O) groups excluding carboxylic acids is 2. The van der Waals surface area contributed by atoms with Crippen molar-refractivity contribution in [1.29, 1.82) is 0 Å². The zero-order valence-electron chi connectivity index (χ0n) is 18.6. The minimum Gasteiger partial charge on any atom is -0.444 e. The number of hydrogen-bond acceptors (Lipinski definition) is 7. The van der Waals surface area contributed by atoms with Crippen LogP contribution in [0.1, 0.15) is 56.6 Å². The quantitative estimate of drug-likeness (QED) is 0.577. The molecule has 3 aromatic rings. The van der Waals surface area contributed by atoms with Crippen LogP contribution >= 0.6 is 0 Å². The predicted octanol–water partition coefficient (Wildman–Crippen LogP) is 3.51. The summed E-state index contributed by atoms with van der Waals surface area (Å²) in [5.74, 6) is -0.378. The molecule has 0 aliphatic rings. The second-order valence-corrected chi connectivity index (χ2v) is 8.18. The second kappa shape index (κ2) is 9.54. The van der Waals surface area contributed by atoms with Crippen molar-refractivity contribution in [2.75, 3.05) is 5.32 Å². The molecular weight excluding hydrogens is 410 g/mol. The van der Waals surface area contributed by atoms with E-state index >= 15 is 0 Å². The van der Waals surface area contributed by atoms with Crippen molar-refractivity contribution < 1.29 is 14.3 Å². The maximum Gasteiger partial charge on any atom is 0.413 e. The van der Waals surface area contributed by atoms with E-state index in [0.717, 1.165) is 12.8 Å². The van der Waals surface area contributed by atoms with E-state index in [1.807, 2.05) is 6.07 Å². The molecule has 32 heavy (non-hydrogen) atoms. The lowest BCUT2D eigenvalue weighted by Crippen LogP contribution is -2.27. The molecule has 0 aromatic carbocycles. The number of aromatic nitrogens is 5. The van der Waals surface area contributed by atoms with Crippen LogP contribution in [-0.2, 0) is 11.2 Å². The van der Waals surface area contributed by atoms with E-state index in [1.54, 1.807) is 43.9 Å². The van der Waals surface area contributed by atoms with Gasteiger partial charge in [0, 0.05) is 11.8 Å². The molecule has 168 valence electrons. The van der Waals surface area contributed by atoms with Crippen LogP contribution in [0.3, 0.4) is 0 Å². The molecule has 0 radical (unpaired) electrons. The molecule has 0 aliphatic heterocycles. The first-order valence-corrected chi connectivity index (χ1v) is 10.3. The number of carbonyl (C=O) groups is 2. The Morgan fingerprint density at radius 1 is 1.19 bits per heavy atom. The maximum atomic E-state index is 12.1. The number of amides is 2. The van der Waals surface area contributed by atoms with Crippen molar-refractivity contribution in [2.24, 2.45) is 5.73 Å². The largest absolute Gasteiger partial charge is 0.444 e. The molecule has 0 aliphatic carbocycles. The minimum absolute atomic E-state index is 0.190. The van der Waals surface area contributed by atoms with Gasteiger partial charge in [0.15, 0.2) is 11.5 Å². The molecule has 3 aromatic heterocycles. The molecule has 0 saturated heterocycles. The Morgan fingerprint density at radius 3 is 2.53 bits per heavy atom. The number of ether oxygens (including phenoxy) is 1. The van der Waals surface area contributed by atoms with Gasteiger partial charge in [0.2, 0.25) is 0 Å². The van der Waals surface area contributed by atoms with Crippen LogP contribution < -0.4 is 11.1 Å². The van der Waals surface area contributed by atoms with Gasteiger partial charge in [-0.15, -0.1) is 0 Å². The van der Waals surface area contributed by atoms with Crippen molar-refractivity contribution in [2.45, 2.75) is 52.6 Å². The molecule has 3 rings (SSSR count). The molecule has 0 spiro atoms. The number of nitrogens with two attached hydrogens (primary N) is 1. The number of pyridine rings is 1. The molecule has 0 fully saturated rings. The van der Waals surface area contributed by atoms with Gasteiger partial charge in [0.05, 0.1) is 30.0 Å². The third-order valence-corrected chi connectivity index (χ3v) is 4.41. The van der Waals surface area contributed by atoms with Gasteiger partial charge in [-0.1, -0.05) is 13.3 Å². The first-order valence-electron chi connectivity index (χ1n) is 10.3. The molecule has 3 N–H and O–H groups in total. The van der Waals surface area contributed by atoms with Crippen LogP contribution in [0.15, 0.2) is 36.9 Å². The fourth-order valence-corrected chi connectivity index (χ4v) is 3.09. The molecule has 0 atom stereocenters. The number of hydrogen-bond donors (Lipinski definition) is 2. The van der Waals surface area contributed by atoms with Crippen molar-refractivity contribution in [3.05, 3.63) is 48.2 Å². The van der Waals surface area contributed by atoms with Gasteiger partial charge in [0.25, 0.3) is 5.91 Å². The summed E-state index contributed by atoms with van der Waals surface area (Å²) in [5.41, 5.74) is 7.63. The third kappa shape index (κ3) is 5.45. The number of unbranched alkanes of at least 4 members (excludes halogenated alkanes) is 1. The SMILES string of the molecule is CCCCc1c(C(N)=O)nn(-c2cccnc2)c1-c1cnc(NC(=O)OC(C)(C)C)cn1. The lowest BCUT2D eigenvalue weighted by molar-refractivity contribution is 0.0635. The van der Waals surface area contributed by atoms with Gasteiger partial charge < -0.3 is 10.5 Å². The predicted molar refractivity (Wildman–Crippen MR) is 119 cm³/mol. The fraction of sp³-hybridized carbons (Fsp3) is 0.364. The Labute approximate surface area is 186 Å². The Balaban J connectivity index is 2.03. The van der Waals surface area contributed by atoms with Crippen molar-refractivity contribution in [1.82, 2.24) is 24.7 Å².